The van der Waals surface area contributed by atoms with Gasteiger partial charge in [-0.25, -0.2) is 4.39 Å². The van der Waals surface area contributed by atoms with E-state index in [1.54, 1.807) is 0 Å². The molecule has 1 atom stereocenters. The van der Waals surface area contributed by atoms with Crippen molar-refractivity contribution in [1.29, 1.82) is 0 Å². The Bertz CT molecular complexity index is 504. The Morgan fingerprint density at radius 2 is 1.90 bits per heavy atom. The lowest BCUT2D eigenvalue weighted by Crippen LogP contribution is -2.53. The third-order valence-corrected chi connectivity index (χ3v) is 5.15. The molecule has 1 aliphatic carbocycles. The van der Waals surface area contributed by atoms with Crippen LogP contribution in [-0.4, -0.2) is 19.0 Å². The monoisotopic (exact) mass is 290 g/mol. The first kappa shape index (κ1) is 14.5. The number of carbonyl (C=O) groups is 1. The van der Waals surface area contributed by atoms with Gasteiger partial charge in [0.05, 0.1) is 5.54 Å². The van der Waals surface area contributed by atoms with Crippen molar-refractivity contribution in [3.63, 3.8) is 0 Å². The number of carbonyl (C=O) groups excluding carboxylic acids is 1. The minimum Gasteiger partial charge on any atom is -0.346 e. The Morgan fingerprint density at radius 1 is 1.29 bits per heavy atom. The molecule has 1 aliphatic heterocycles. The van der Waals surface area contributed by atoms with E-state index in [0.29, 0.717) is 5.92 Å². The van der Waals surface area contributed by atoms with Crippen LogP contribution in [0.1, 0.15) is 38.2 Å². The smallest absolute Gasteiger partial charge is 0.223 e. The van der Waals surface area contributed by atoms with E-state index < -0.39 is 0 Å². The Hall–Kier alpha value is -1.42. The van der Waals surface area contributed by atoms with Crippen molar-refractivity contribution in [3.8, 4) is 0 Å². The minimum atomic E-state index is -0.295. The standard InChI is InChI=1S/C17H23FN2O/c1-12(13-10-19-11-13)16(21)20-17(8-2-3-9-17)14-4-6-15(18)7-5-14/h4-7,12-13,19H,2-3,8-11H2,1H3,(H,20,21). The van der Waals surface area contributed by atoms with Crippen molar-refractivity contribution in [2.45, 2.75) is 38.1 Å². The summed E-state index contributed by atoms with van der Waals surface area (Å²) in [7, 11) is 0. The van der Waals surface area contributed by atoms with Crippen molar-refractivity contribution >= 4 is 5.91 Å². The van der Waals surface area contributed by atoms with Crippen LogP contribution in [0.2, 0.25) is 0 Å². The van der Waals surface area contributed by atoms with Crippen LogP contribution in [0.5, 0.6) is 0 Å². The second kappa shape index (κ2) is 5.76. The Balaban J connectivity index is 1.77. The van der Waals surface area contributed by atoms with Gasteiger partial charge in [-0.3, -0.25) is 4.79 Å². The fraction of sp³-hybridized carbons (Fsp3) is 0.588. The maximum atomic E-state index is 13.2. The molecule has 0 radical (unpaired) electrons. The van der Waals surface area contributed by atoms with Crippen molar-refractivity contribution in [3.05, 3.63) is 35.6 Å². The van der Waals surface area contributed by atoms with Crippen molar-refractivity contribution < 1.29 is 9.18 Å². The van der Waals surface area contributed by atoms with Crippen LogP contribution in [0.4, 0.5) is 4.39 Å². The molecule has 1 amide bonds. The van der Waals surface area contributed by atoms with Crippen LogP contribution < -0.4 is 10.6 Å². The van der Waals surface area contributed by atoms with Crippen molar-refractivity contribution in [2.75, 3.05) is 13.1 Å². The molecule has 2 aliphatic rings. The average Bonchev–Trinajstić information content (AvgIpc) is 2.87. The van der Waals surface area contributed by atoms with E-state index in [0.717, 1.165) is 44.3 Å². The summed E-state index contributed by atoms with van der Waals surface area (Å²) >= 11 is 0. The van der Waals surface area contributed by atoms with Crippen LogP contribution in [0.25, 0.3) is 0 Å². The van der Waals surface area contributed by atoms with Gasteiger partial charge in [-0.05, 0) is 49.5 Å². The number of nitrogens with one attached hydrogen (secondary N) is 2. The second-order valence-electron chi connectivity index (χ2n) is 6.49. The molecule has 2 fully saturated rings. The third-order valence-electron chi connectivity index (χ3n) is 5.15. The summed E-state index contributed by atoms with van der Waals surface area (Å²) in [5.41, 5.74) is 0.740. The number of benzene rings is 1. The maximum Gasteiger partial charge on any atom is 0.223 e. The summed E-state index contributed by atoms with van der Waals surface area (Å²) in [6.07, 6.45) is 4.11. The highest BCUT2D eigenvalue weighted by Gasteiger charge is 2.39. The van der Waals surface area contributed by atoms with Crippen LogP contribution in [-0.2, 0) is 10.3 Å². The molecule has 21 heavy (non-hydrogen) atoms. The average molecular weight is 290 g/mol. The van der Waals surface area contributed by atoms with Crippen LogP contribution in [0, 0.1) is 17.7 Å². The highest BCUT2D eigenvalue weighted by Crippen LogP contribution is 2.39. The summed E-state index contributed by atoms with van der Waals surface area (Å²) < 4.78 is 13.2. The van der Waals surface area contributed by atoms with Gasteiger partial charge in [0.25, 0.3) is 0 Å². The number of amides is 1. The molecular weight excluding hydrogens is 267 g/mol. The molecule has 114 valence electrons. The van der Waals surface area contributed by atoms with Gasteiger partial charge < -0.3 is 10.6 Å². The lowest BCUT2D eigenvalue weighted by atomic mass is 9.84. The summed E-state index contributed by atoms with van der Waals surface area (Å²) in [5.74, 6) is 0.376. The van der Waals surface area contributed by atoms with Gasteiger partial charge in [-0.2, -0.15) is 0 Å². The van der Waals surface area contributed by atoms with E-state index in [2.05, 4.69) is 10.6 Å². The Labute approximate surface area is 125 Å². The SMILES string of the molecule is CC(C(=O)NC1(c2ccc(F)cc2)CCCC1)C1CNC1. The normalized spacial score (nSPS) is 22.6. The Kier molecular flexibility index (Phi) is 3.98. The molecule has 2 N–H and O–H groups in total. The lowest BCUT2D eigenvalue weighted by molar-refractivity contribution is -0.128. The van der Waals surface area contributed by atoms with E-state index in [4.69, 9.17) is 0 Å². The predicted octanol–water partition coefficient (Wildman–Crippen LogP) is 2.57. The molecule has 1 saturated carbocycles. The molecule has 0 bridgehead atoms. The number of halogens is 1. The van der Waals surface area contributed by atoms with Gasteiger partial charge >= 0.3 is 0 Å². The highest BCUT2D eigenvalue weighted by atomic mass is 19.1. The molecule has 1 unspecified atom stereocenters. The number of hydrogen-bond acceptors (Lipinski definition) is 2. The van der Waals surface area contributed by atoms with Crippen LogP contribution in [0.3, 0.4) is 0 Å². The van der Waals surface area contributed by atoms with Crippen molar-refractivity contribution in [2.24, 2.45) is 11.8 Å². The molecule has 3 nitrogen and oxygen atoms in total. The van der Waals surface area contributed by atoms with E-state index in [-0.39, 0.29) is 23.2 Å². The fourth-order valence-corrected chi connectivity index (χ4v) is 3.46. The van der Waals surface area contributed by atoms with Gasteiger partial charge in [-0.15, -0.1) is 0 Å². The minimum absolute atomic E-state index is 0.0316. The molecule has 1 aromatic rings. The Morgan fingerprint density at radius 3 is 2.43 bits per heavy atom. The van der Waals surface area contributed by atoms with Crippen LogP contribution in [0.15, 0.2) is 24.3 Å². The van der Waals surface area contributed by atoms with Gasteiger partial charge in [0, 0.05) is 5.92 Å². The van der Waals surface area contributed by atoms with Crippen molar-refractivity contribution in [1.82, 2.24) is 10.6 Å². The topological polar surface area (TPSA) is 41.1 Å². The fourth-order valence-electron chi connectivity index (χ4n) is 3.46. The van der Waals surface area contributed by atoms with Gasteiger partial charge in [-0.1, -0.05) is 31.9 Å². The first-order chi connectivity index (χ1) is 10.1. The van der Waals surface area contributed by atoms with E-state index in [1.807, 2.05) is 19.1 Å². The molecular formula is C17H23FN2O. The quantitative estimate of drug-likeness (QED) is 0.895. The molecule has 3 rings (SSSR count). The van der Waals surface area contributed by atoms with Gasteiger partial charge in [0.2, 0.25) is 5.91 Å². The maximum absolute atomic E-state index is 13.2. The lowest BCUT2D eigenvalue weighted by Gasteiger charge is -2.36. The summed E-state index contributed by atoms with van der Waals surface area (Å²) in [4.78, 5) is 12.6. The van der Waals surface area contributed by atoms with E-state index in [1.165, 1.54) is 12.1 Å². The zero-order valence-corrected chi connectivity index (χ0v) is 12.5. The van der Waals surface area contributed by atoms with Gasteiger partial charge in [0.1, 0.15) is 5.82 Å². The number of hydrogen-bond donors (Lipinski definition) is 2. The first-order valence-electron chi connectivity index (χ1n) is 7.89. The third kappa shape index (κ3) is 2.82. The second-order valence-corrected chi connectivity index (χ2v) is 6.49. The molecule has 0 spiro atoms. The van der Waals surface area contributed by atoms with E-state index >= 15 is 0 Å². The van der Waals surface area contributed by atoms with E-state index in [9.17, 15) is 9.18 Å². The highest BCUT2D eigenvalue weighted by molar-refractivity contribution is 5.80. The predicted molar refractivity (Wildman–Crippen MR) is 80.2 cm³/mol. The molecule has 0 aromatic heterocycles. The molecule has 1 heterocycles. The molecule has 1 aromatic carbocycles. The zero-order valence-electron chi connectivity index (χ0n) is 12.5. The van der Waals surface area contributed by atoms with Gasteiger partial charge in [0.15, 0.2) is 0 Å². The first-order valence-corrected chi connectivity index (χ1v) is 7.89. The molecule has 1 saturated heterocycles. The summed E-state index contributed by atoms with van der Waals surface area (Å²) in [5, 5.41) is 6.50. The summed E-state index contributed by atoms with van der Waals surface area (Å²) in [6, 6.07) is 6.61. The number of rotatable bonds is 4. The molecule has 4 heteroatoms. The van der Waals surface area contributed by atoms with Crippen LogP contribution >= 0.6 is 0 Å². The summed E-state index contributed by atoms with van der Waals surface area (Å²) in [6.45, 7) is 3.87. The zero-order chi connectivity index (χ0) is 14.9. The largest absolute Gasteiger partial charge is 0.346 e.